The molecule has 0 aliphatic heterocycles. The lowest BCUT2D eigenvalue weighted by Crippen LogP contribution is -2.11. The van der Waals surface area contributed by atoms with E-state index in [0.717, 1.165) is 11.1 Å². The van der Waals surface area contributed by atoms with Gasteiger partial charge in [0.2, 0.25) is 0 Å². The number of thiazole rings is 1. The number of aromatic nitrogens is 3. The van der Waals surface area contributed by atoms with Crippen LogP contribution < -0.4 is 5.32 Å². The van der Waals surface area contributed by atoms with Gasteiger partial charge in [0, 0.05) is 28.9 Å². The fourth-order valence-corrected chi connectivity index (χ4v) is 3.31. The van der Waals surface area contributed by atoms with Crippen molar-refractivity contribution >= 4 is 22.4 Å². The summed E-state index contributed by atoms with van der Waals surface area (Å²) in [6, 6.07) is 15.3. The van der Waals surface area contributed by atoms with E-state index in [1.165, 1.54) is 23.5 Å². The fraction of sp³-hybridized carbons (Fsp3) is 0.0500. The molecule has 2 heterocycles. The van der Waals surface area contributed by atoms with Gasteiger partial charge in [0.15, 0.2) is 5.13 Å². The molecule has 0 radical (unpaired) electrons. The van der Waals surface area contributed by atoms with Gasteiger partial charge in [0.1, 0.15) is 5.82 Å². The number of nitrogens with one attached hydrogen (secondary N) is 1. The van der Waals surface area contributed by atoms with Crippen LogP contribution in [0.2, 0.25) is 0 Å². The Balaban J connectivity index is 1.42. The minimum Gasteiger partial charge on any atom is -0.298 e. The summed E-state index contributed by atoms with van der Waals surface area (Å²) in [6.45, 7) is 0.655. The Morgan fingerprint density at radius 3 is 2.59 bits per heavy atom. The minimum atomic E-state index is -0.293. The van der Waals surface area contributed by atoms with Gasteiger partial charge >= 0.3 is 0 Å². The van der Waals surface area contributed by atoms with Crippen molar-refractivity contribution in [1.82, 2.24) is 14.8 Å². The number of carbonyl (C=O) groups excluding carboxylic acids is 1. The second-order valence-corrected chi connectivity index (χ2v) is 6.76. The second-order valence-electron chi connectivity index (χ2n) is 5.90. The molecule has 0 atom stereocenters. The van der Waals surface area contributed by atoms with Gasteiger partial charge in [-0.1, -0.05) is 12.1 Å². The van der Waals surface area contributed by atoms with Gasteiger partial charge in [0.05, 0.1) is 12.2 Å². The van der Waals surface area contributed by atoms with E-state index in [-0.39, 0.29) is 11.7 Å². The highest BCUT2D eigenvalue weighted by atomic mass is 32.1. The molecule has 7 heteroatoms. The summed E-state index contributed by atoms with van der Waals surface area (Å²) < 4.78 is 14.8. The third-order valence-electron chi connectivity index (χ3n) is 3.98. The van der Waals surface area contributed by atoms with Crippen molar-refractivity contribution in [2.45, 2.75) is 6.54 Å². The molecule has 1 amide bonds. The molecule has 27 heavy (non-hydrogen) atoms. The fourth-order valence-electron chi connectivity index (χ4n) is 2.60. The van der Waals surface area contributed by atoms with Crippen LogP contribution in [-0.2, 0) is 6.54 Å². The molecule has 0 bridgehead atoms. The van der Waals surface area contributed by atoms with Gasteiger partial charge in [-0.3, -0.25) is 14.8 Å². The summed E-state index contributed by atoms with van der Waals surface area (Å²) in [5, 5.41) is 9.30. The molecular weight excluding hydrogens is 363 g/mol. The first-order valence-electron chi connectivity index (χ1n) is 8.26. The van der Waals surface area contributed by atoms with Crippen LogP contribution in [0.15, 0.2) is 72.4 Å². The predicted molar refractivity (Wildman–Crippen MR) is 103 cm³/mol. The molecule has 2 aromatic carbocycles. The number of nitrogens with zero attached hydrogens (tertiary/aromatic N) is 3. The Morgan fingerprint density at radius 2 is 1.89 bits per heavy atom. The van der Waals surface area contributed by atoms with Gasteiger partial charge in [-0.25, -0.2) is 9.37 Å². The monoisotopic (exact) mass is 378 g/mol. The lowest BCUT2D eigenvalue weighted by molar-refractivity contribution is 0.102. The van der Waals surface area contributed by atoms with Crippen LogP contribution in [0.25, 0.3) is 11.3 Å². The zero-order valence-corrected chi connectivity index (χ0v) is 15.0. The van der Waals surface area contributed by atoms with Crippen molar-refractivity contribution in [1.29, 1.82) is 0 Å². The Kier molecular flexibility index (Phi) is 4.76. The van der Waals surface area contributed by atoms with Crippen LogP contribution in [0.3, 0.4) is 0 Å². The Hall–Kier alpha value is -3.32. The molecule has 0 saturated carbocycles. The maximum absolute atomic E-state index is 13.0. The first-order valence-corrected chi connectivity index (χ1v) is 9.14. The molecule has 0 spiro atoms. The van der Waals surface area contributed by atoms with Crippen molar-refractivity contribution in [3.63, 3.8) is 0 Å². The van der Waals surface area contributed by atoms with E-state index in [1.54, 1.807) is 30.5 Å². The molecule has 0 fully saturated rings. The molecule has 4 rings (SSSR count). The summed E-state index contributed by atoms with van der Waals surface area (Å²) >= 11 is 1.33. The molecule has 0 aliphatic rings. The maximum atomic E-state index is 13.0. The topological polar surface area (TPSA) is 59.8 Å². The third-order valence-corrected chi connectivity index (χ3v) is 4.74. The van der Waals surface area contributed by atoms with E-state index >= 15 is 0 Å². The van der Waals surface area contributed by atoms with Crippen molar-refractivity contribution in [3.8, 4) is 11.3 Å². The predicted octanol–water partition coefficient (Wildman–Crippen LogP) is 4.45. The van der Waals surface area contributed by atoms with Crippen molar-refractivity contribution in [3.05, 3.63) is 89.3 Å². The number of rotatable bonds is 5. The summed E-state index contributed by atoms with van der Waals surface area (Å²) in [6.07, 6.45) is 3.62. The van der Waals surface area contributed by atoms with E-state index in [4.69, 9.17) is 0 Å². The number of hydrogen-bond acceptors (Lipinski definition) is 4. The van der Waals surface area contributed by atoms with Crippen LogP contribution in [-0.4, -0.2) is 20.7 Å². The van der Waals surface area contributed by atoms with Crippen LogP contribution in [0, 0.1) is 5.82 Å². The summed E-state index contributed by atoms with van der Waals surface area (Å²) in [5.41, 5.74) is 3.11. The molecule has 0 aliphatic carbocycles. The van der Waals surface area contributed by atoms with E-state index < -0.39 is 0 Å². The van der Waals surface area contributed by atoms with Crippen molar-refractivity contribution < 1.29 is 9.18 Å². The molecule has 1 N–H and O–H groups in total. The smallest absolute Gasteiger partial charge is 0.257 e. The number of benzene rings is 2. The second kappa shape index (κ2) is 7.51. The van der Waals surface area contributed by atoms with Gasteiger partial charge in [-0.15, -0.1) is 11.3 Å². The standard InChI is InChI=1S/C20H15FN4OS/c21-17-8-6-15(7-9-17)18-13-27-20(23-18)24-19(26)16-4-2-14(3-5-16)12-25-11-1-10-22-25/h1-11,13H,12H2,(H,23,24,26). The van der Waals surface area contributed by atoms with Crippen LogP contribution >= 0.6 is 11.3 Å². The summed E-state index contributed by atoms with van der Waals surface area (Å²) in [5.74, 6) is -0.515. The van der Waals surface area contributed by atoms with E-state index in [2.05, 4.69) is 15.4 Å². The van der Waals surface area contributed by atoms with Gasteiger partial charge in [-0.05, 0) is 48.0 Å². The quantitative estimate of drug-likeness (QED) is 0.558. The van der Waals surface area contributed by atoms with Crippen LogP contribution in [0.4, 0.5) is 9.52 Å². The average molecular weight is 378 g/mol. The lowest BCUT2D eigenvalue weighted by Gasteiger charge is -2.05. The largest absolute Gasteiger partial charge is 0.298 e. The maximum Gasteiger partial charge on any atom is 0.257 e. The highest BCUT2D eigenvalue weighted by Crippen LogP contribution is 2.25. The first-order chi connectivity index (χ1) is 13.2. The third kappa shape index (κ3) is 4.09. The molecular formula is C20H15FN4OS. The Bertz CT molecular complexity index is 1040. The lowest BCUT2D eigenvalue weighted by atomic mass is 10.1. The van der Waals surface area contributed by atoms with E-state index in [0.29, 0.717) is 22.9 Å². The zero-order valence-electron chi connectivity index (χ0n) is 14.2. The van der Waals surface area contributed by atoms with E-state index in [1.807, 2.05) is 34.5 Å². The molecule has 5 nitrogen and oxygen atoms in total. The highest BCUT2D eigenvalue weighted by Gasteiger charge is 2.10. The van der Waals surface area contributed by atoms with Crippen molar-refractivity contribution in [2.75, 3.05) is 5.32 Å². The summed E-state index contributed by atoms with van der Waals surface area (Å²) in [4.78, 5) is 16.8. The van der Waals surface area contributed by atoms with Gasteiger partial charge in [0.25, 0.3) is 5.91 Å². The van der Waals surface area contributed by atoms with Crippen LogP contribution in [0.5, 0.6) is 0 Å². The van der Waals surface area contributed by atoms with E-state index in [9.17, 15) is 9.18 Å². The normalized spacial score (nSPS) is 10.7. The number of hydrogen-bond donors (Lipinski definition) is 1. The average Bonchev–Trinajstić information content (AvgIpc) is 3.35. The molecule has 134 valence electrons. The van der Waals surface area contributed by atoms with Crippen LogP contribution in [0.1, 0.15) is 15.9 Å². The zero-order chi connectivity index (χ0) is 18.6. The highest BCUT2D eigenvalue weighted by molar-refractivity contribution is 7.14. The van der Waals surface area contributed by atoms with Gasteiger partial charge in [-0.2, -0.15) is 5.10 Å². The van der Waals surface area contributed by atoms with Crippen molar-refractivity contribution in [2.24, 2.45) is 0 Å². The minimum absolute atomic E-state index is 0.222. The number of carbonyl (C=O) groups is 1. The summed E-state index contributed by atoms with van der Waals surface area (Å²) in [7, 11) is 0. The SMILES string of the molecule is O=C(Nc1nc(-c2ccc(F)cc2)cs1)c1ccc(Cn2cccn2)cc1. The molecule has 4 aromatic rings. The van der Waals surface area contributed by atoms with Gasteiger partial charge < -0.3 is 0 Å². The number of halogens is 1. The molecule has 0 saturated heterocycles. The molecule has 2 aromatic heterocycles. The number of amides is 1. The number of anilines is 1. The Labute approximate surface area is 159 Å². The molecule has 0 unspecified atom stereocenters. The first kappa shape index (κ1) is 17.1. The Morgan fingerprint density at radius 1 is 1.11 bits per heavy atom.